The third kappa shape index (κ3) is 2.70. The number of amides is 1. The number of aryl methyl sites for hydroxylation is 1. The van der Waals surface area contributed by atoms with Gasteiger partial charge in [-0.1, -0.05) is 0 Å². The maximum Gasteiger partial charge on any atom is 0.310 e. The lowest BCUT2D eigenvalue weighted by Crippen LogP contribution is -2.30. The summed E-state index contributed by atoms with van der Waals surface area (Å²) < 4.78 is 4.71. The van der Waals surface area contributed by atoms with Gasteiger partial charge >= 0.3 is 5.97 Å². The van der Waals surface area contributed by atoms with Crippen LogP contribution >= 0.6 is 0 Å². The Morgan fingerprint density at radius 2 is 2.16 bits per heavy atom. The van der Waals surface area contributed by atoms with Crippen LogP contribution < -0.4 is 5.73 Å². The van der Waals surface area contributed by atoms with E-state index in [0.29, 0.717) is 30.8 Å². The Bertz CT molecular complexity index is 513. The predicted octanol–water partition coefficient (Wildman–Crippen LogP) is 1.21. The van der Waals surface area contributed by atoms with Crippen molar-refractivity contribution in [3.05, 3.63) is 29.3 Å². The predicted molar refractivity (Wildman–Crippen MR) is 71.6 cm³/mol. The zero-order chi connectivity index (χ0) is 14.0. The van der Waals surface area contributed by atoms with Crippen LogP contribution in [0.1, 0.15) is 22.3 Å². The molecule has 1 heterocycles. The molecule has 2 rings (SSSR count). The topological polar surface area (TPSA) is 72.6 Å². The Morgan fingerprint density at radius 3 is 2.79 bits per heavy atom. The summed E-state index contributed by atoms with van der Waals surface area (Å²) in [7, 11) is 1.37. The van der Waals surface area contributed by atoms with Crippen molar-refractivity contribution in [1.29, 1.82) is 0 Å². The number of rotatable bonds is 2. The summed E-state index contributed by atoms with van der Waals surface area (Å²) in [4.78, 5) is 25.5. The molecule has 1 fully saturated rings. The van der Waals surface area contributed by atoms with E-state index >= 15 is 0 Å². The van der Waals surface area contributed by atoms with Crippen LogP contribution in [0.15, 0.2) is 18.2 Å². The van der Waals surface area contributed by atoms with Crippen molar-refractivity contribution >= 4 is 17.6 Å². The van der Waals surface area contributed by atoms with E-state index < -0.39 is 0 Å². The van der Waals surface area contributed by atoms with E-state index in [-0.39, 0.29) is 17.8 Å². The molecule has 19 heavy (non-hydrogen) atoms. The number of hydrogen-bond donors (Lipinski definition) is 1. The molecular weight excluding hydrogens is 244 g/mol. The third-order valence-electron chi connectivity index (χ3n) is 3.49. The lowest BCUT2D eigenvalue weighted by Gasteiger charge is -2.17. The van der Waals surface area contributed by atoms with Crippen LogP contribution in [0.4, 0.5) is 5.69 Å². The van der Waals surface area contributed by atoms with E-state index in [1.54, 1.807) is 23.1 Å². The molecule has 1 aromatic rings. The summed E-state index contributed by atoms with van der Waals surface area (Å²) in [6, 6.07) is 5.23. The molecule has 0 radical (unpaired) electrons. The Morgan fingerprint density at radius 1 is 1.42 bits per heavy atom. The Kier molecular flexibility index (Phi) is 3.74. The van der Waals surface area contributed by atoms with Crippen LogP contribution in [0.25, 0.3) is 0 Å². The second-order valence-corrected chi connectivity index (χ2v) is 4.83. The highest BCUT2D eigenvalue weighted by atomic mass is 16.5. The van der Waals surface area contributed by atoms with E-state index in [1.807, 2.05) is 6.92 Å². The average molecular weight is 262 g/mol. The van der Waals surface area contributed by atoms with Crippen LogP contribution in [-0.2, 0) is 9.53 Å². The van der Waals surface area contributed by atoms with Crippen LogP contribution in [0.3, 0.4) is 0 Å². The molecule has 1 aliphatic heterocycles. The number of anilines is 1. The number of ether oxygens (including phenoxy) is 1. The van der Waals surface area contributed by atoms with Crippen molar-refractivity contribution in [2.45, 2.75) is 13.3 Å². The van der Waals surface area contributed by atoms with Crippen molar-refractivity contribution in [1.82, 2.24) is 4.90 Å². The molecule has 0 aromatic heterocycles. The number of nitrogens with zero attached hydrogens (tertiary/aromatic N) is 1. The van der Waals surface area contributed by atoms with E-state index in [9.17, 15) is 9.59 Å². The summed E-state index contributed by atoms with van der Waals surface area (Å²) in [5, 5.41) is 0. The molecule has 0 aliphatic carbocycles. The molecule has 1 unspecified atom stereocenters. The molecule has 2 N–H and O–H groups in total. The highest BCUT2D eigenvalue weighted by Crippen LogP contribution is 2.22. The monoisotopic (exact) mass is 262 g/mol. The number of likely N-dealkylation sites (tertiary alicyclic amines) is 1. The van der Waals surface area contributed by atoms with E-state index in [2.05, 4.69) is 0 Å². The van der Waals surface area contributed by atoms with E-state index in [1.165, 1.54) is 7.11 Å². The molecule has 102 valence electrons. The second-order valence-electron chi connectivity index (χ2n) is 4.83. The summed E-state index contributed by atoms with van der Waals surface area (Å²) in [6.07, 6.45) is 0.659. The third-order valence-corrected chi connectivity index (χ3v) is 3.49. The molecule has 1 aromatic carbocycles. The van der Waals surface area contributed by atoms with Gasteiger partial charge < -0.3 is 15.4 Å². The fourth-order valence-electron chi connectivity index (χ4n) is 2.40. The van der Waals surface area contributed by atoms with Crippen LogP contribution in [0.2, 0.25) is 0 Å². The van der Waals surface area contributed by atoms with Gasteiger partial charge in [0.05, 0.1) is 13.0 Å². The largest absolute Gasteiger partial charge is 0.469 e. The van der Waals surface area contributed by atoms with Crippen LogP contribution in [0, 0.1) is 12.8 Å². The summed E-state index contributed by atoms with van der Waals surface area (Å²) >= 11 is 0. The Hall–Kier alpha value is -2.04. The molecule has 1 saturated heterocycles. The summed E-state index contributed by atoms with van der Waals surface area (Å²) in [5.74, 6) is -0.503. The minimum absolute atomic E-state index is 0.0519. The number of methoxy groups -OCH3 is 1. The van der Waals surface area contributed by atoms with Crippen LogP contribution in [-0.4, -0.2) is 37.0 Å². The Balaban J connectivity index is 2.11. The highest BCUT2D eigenvalue weighted by Gasteiger charge is 2.32. The number of carbonyl (C=O) groups excluding carboxylic acids is 2. The molecule has 1 aliphatic rings. The first kappa shape index (κ1) is 13.4. The molecule has 5 nitrogen and oxygen atoms in total. The number of hydrogen-bond acceptors (Lipinski definition) is 4. The minimum atomic E-state index is -0.246. The van der Waals surface area contributed by atoms with Gasteiger partial charge in [0.15, 0.2) is 0 Å². The number of nitrogen functional groups attached to an aromatic ring is 1. The van der Waals surface area contributed by atoms with E-state index in [0.717, 1.165) is 5.56 Å². The zero-order valence-electron chi connectivity index (χ0n) is 11.2. The van der Waals surface area contributed by atoms with Gasteiger partial charge in [-0.2, -0.15) is 0 Å². The lowest BCUT2D eigenvalue weighted by molar-refractivity contribution is -0.144. The van der Waals surface area contributed by atoms with Crippen molar-refractivity contribution < 1.29 is 14.3 Å². The smallest absolute Gasteiger partial charge is 0.310 e. The van der Waals surface area contributed by atoms with Crippen molar-refractivity contribution in [3.8, 4) is 0 Å². The maximum atomic E-state index is 12.4. The van der Waals surface area contributed by atoms with Gasteiger partial charge in [-0.25, -0.2) is 0 Å². The second kappa shape index (κ2) is 5.30. The van der Waals surface area contributed by atoms with Crippen molar-refractivity contribution in [2.24, 2.45) is 5.92 Å². The molecule has 5 heteroatoms. The molecule has 0 saturated carbocycles. The fourth-order valence-corrected chi connectivity index (χ4v) is 2.40. The fraction of sp³-hybridized carbons (Fsp3) is 0.429. The minimum Gasteiger partial charge on any atom is -0.469 e. The number of esters is 1. The quantitative estimate of drug-likeness (QED) is 0.642. The lowest BCUT2D eigenvalue weighted by atomic mass is 10.1. The Labute approximate surface area is 112 Å². The van der Waals surface area contributed by atoms with Crippen molar-refractivity contribution in [3.63, 3.8) is 0 Å². The zero-order valence-corrected chi connectivity index (χ0v) is 11.2. The summed E-state index contributed by atoms with van der Waals surface area (Å²) in [6.45, 7) is 2.87. The molecular formula is C14H18N2O3. The number of benzene rings is 1. The van der Waals surface area contributed by atoms with Gasteiger partial charge in [-0.15, -0.1) is 0 Å². The standard InChI is InChI=1S/C14H18N2O3/c1-9-7-11(15)3-4-12(9)13(17)16-6-5-10(8-16)14(18)19-2/h3-4,7,10H,5-6,8,15H2,1-2H3. The average Bonchev–Trinajstić information content (AvgIpc) is 2.86. The van der Waals surface area contributed by atoms with Gasteiger partial charge in [0.1, 0.15) is 0 Å². The SMILES string of the molecule is COC(=O)C1CCN(C(=O)c2ccc(N)cc2C)C1. The van der Waals surface area contributed by atoms with Crippen molar-refractivity contribution in [2.75, 3.05) is 25.9 Å². The molecule has 1 atom stereocenters. The number of carbonyl (C=O) groups is 2. The number of nitrogens with two attached hydrogens (primary N) is 1. The van der Waals surface area contributed by atoms with E-state index in [4.69, 9.17) is 10.5 Å². The van der Waals surface area contributed by atoms with Gasteiger partial charge in [-0.05, 0) is 37.1 Å². The van der Waals surface area contributed by atoms with Gasteiger partial charge in [-0.3, -0.25) is 9.59 Å². The maximum absolute atomic E-state index is 12.4. The highest BCUT2D eigenvalue weighted by molar-refractivity contribution is 5.96. The van der Waals surface area contributed by atoms with Gasteiger partial charge in [0.2, 0.25) is 0 Å². The first-order valence-corrected chi connectivity index (χ1v) is 6.26. The van der Waals surface area contributed by atoms with Gasteiger partial charge in [0, 0.05) is 24.3 Å². The first-order valence-electron chi connectivity index (χ1n) is 6.26. The molecule has 1 amide bonds. The van der Waals surface area contributed by atoms with Gasteiger partial charge in [0.25, 0.3) is 5.91 Å². The first-order chi connectivity index (χ1) is 9.02. The normalized spacial score (nSPS) is 18.4. The molecule has 0 spiro atoms. The van der Waals surface area contributed by atoms with Crippen LogP contribution in [0.5, 0.6) is 0 Å². The summed E-state index contributed by atoms with van der Waals surface area (Å²) in [5.41, 5.74) is 7.81. The molecule has 0 bridgehead atoms.